The summed E-state index contributed by atoms with van der Waals surface area (Å²) in [4.78, 5) is 26.8. The maximum absolute atomic E-state index is 12.9. The largest absolute Gasteiger partial charge is 0.456 e. The Kier molecular flexibility index (Phi) is 4.02. The number of carbonyl (C=O) groups excluding carboxylic acids is 2. The summed E-state index contributed by atoms with van der Waals surface area (Å²) in [6, 6.07) is 14.2. The molecule has 2 aromatic rings. The number of rotatable bonds is 2. The SMILES string of the molecule is O=C1OCC2=C1C(c1cccc(Cl)c1)CC(=O)N2c1cccc(Cl)c1. The minimum absolute atomic E-state index is 0.0729. The minimum atomic E-state index is -0.389. The van der Waals surface area contributed by atoms with E-state index in [0.717, 1.165) is 5.56 Å². The van der Waals surface area contributed by atoms with E-state index in [9.17, 15) is 9.59 Å². The molecule has 0 fully saturated rings. The molecule has 0 bridgehead atoms. The minimum Gasteiger partial charge on any atom is -0.456 e. The van der Waals surface area contributed by atoms with Gasteiger partial charge < -0.3 is 4.74 Å². The van der Waals surface area contributed by atoms with Crippen LogP contribution in [0.2, 0.25) is 10.0 Å². The van der Waals surface area contributed by atoms with Crippen LogP contribution in [0, 0.1) is 0 Å². The second-order valence-corrected chi connectivity index (χ2v) is 6.83. The van der Waals surface area contributed by atoms with Crippen LogP contribution < -0.4 is 4.90 Å². The Labute approximate surface area is 154 Å². The molecule has 2 aromatic carbocycles. The third-order valence-electron chi connectivity index (χ3n) is 4.43. The van der Waals surface area contributed by atoms with E-state index in [-0.39, 0.29) is 30.8 Å². The van der Waals surface area contributed by atoms with E-state index in [1.807, 2.05) is 12.1 Å². The fourth-order valence-corrected chi connectivity index (χ4v) is 3.76. The molecule has 6 heteroatoms. The van der Waals surface area contributed by atoms with Crippen molar-refractivity contribution < 1.29 is 14.3 Å². The van der Waals surface area contributed by atoms with E-state index in [4.69, 9.17) is 27.9 Å². The Morgan fingerprint density at radius 1 is 1.00 bits per heavy atom. The molecule has 0 spiro atoms. The van der Waals surface area contributed by atoms with Crippen LogP contribution in [0.4, 0.5) is 5.69 Å². The first-order valence-electron chi connectivity index (χ1n) is 7.79. The zero-order valence-electron chi connectivity index (χ0n) is 13.0. The molecule has 0 aromatic heterocycles. The van der Waals surface area contributed by atoms with Crippen molar-refractivity contribution in [3.8, 4) is 0 Å². The molecule has 25 heavy (non-hydrogen) atoms. The second-order valence-electron chi connectivity index (χ2n) is 5.96. The normalized spacial score (nSPS) is 19.9. The standard InChI is InChI=1S/C19H13Cl2NO3/c20-12-4-1-3-11(7-12)15-9-17(23)22(14-6-2-5-13(21)8-14)16-10-25-19(24)18(15)16/h1-8,15H,9-10H2. The Morgan fingerprint density at radius 3 is 2.44 bits per heavy atom. The second kappa shape index (κ2) is 6.21. The molecule has 0 N–H and O–H groups in total. The van der Waals surface area contributed by atoms with Gasteiger partial charge in [-0.1, -0.05) is 41.4 Å². The molecule has 126 valence electrons. The number of nitrogens with zero attached hydrogens (tertiary/aromatic N) is 1. The van der Waals surface area contributed by atoms with Gasteiger partial charge in [0.1, 0.15) is 6.61 Å². The third-order valence-corrected chi connectivity index (χ3v) is 4.90. The number of benzene rings is 2. The molecule has 0 radical (unpaired) electrons. The summed E-state index contributed by atoms with van der Waals surface area (Å²) >= 11 is 12.1. The summed E-state index contributed by atoms with van der Waals surface area (Å²) in [5, 5.41) is 1.09. The van der Waals surface area contributed by atoms with Gasteiger partial charge in [0.15, 0.2) is 0 Å². The lowest BCUT2D eigenvalue weighted by molar-refractivity contribution is -0.136. The predicted octanol–water partition coefficient (Wildman–Crippen LogP) is 4.32. The zero-order chi connectivity index (χ0) is 17.6. The van der Waals surface area contributed by atoms with Crippen molar-refractivity contribution in [2.24, 2.45) is 0 Å². The number of carbonyl (C=O) groups is 2. The number of esters is 1. The van der Waals surface area contributed by atoms with Gasteiger partial charge in [0, 0.05) is 22.4 Å². The van der Waals surface area contributed by atoms with Crippen molar-refractivity contribution in [2.75, 3.05) is 11.5 Å². The Bertz CT molecular complexity index is 922. The van der Waals surface area contributed by atoms with E-state index >= 15 is 0 Å². The highest BCUT2D eigenvalue weighted by molar-refractivity contribution is 6.31. The molecule has 0 saturated carbocycles. The molecule has 1 amide bonds. The number of cyclic esters (lactones) is 1. The summed E-state index contributed by atoms with van der Waals surface area (Å²) < 4.78 is 5.24. The first-order chi connectivity index (χ1) is 12.0. The Morgan fingerprint density at radius 2 is 1.72 bits per heavy atom. The summed E-state index contributed by atoms with van der Waals surface area (Å²) in [6.07, 6.45) is 0.167. The lowest BCUT2D eigenvalue weighted by Crippen LogP contribution is -2.37. The van der Waals surface area contributed by atoms with Crippen molar-refractivity contribution in [1.29, 1.82) is 0 Å². The van der Waals surface area contributed by atoms with Crippen LogP contribution in [0.25, 0.3) is 0 Å². The van der Waals surface area contributed by atoms with Crippen LogP contribution >= 0.6 is 23.2 Å². The Hall–Kier alpha value is -2.30. The molecule has 2 heterocycles. The highest BCUT2D eigenvalue weighted by Gasteiger charge is 2.42. The van der Waals surface area contributed by atoms with Crippen molar-refractivity contribution in [3.63, 3.8) is 0 Å². The number of hydrogen-bond donors (Lipinski definition) is 0. The molecule has 2 aliphatic rings. The van der Waals surface area contributed by atoms with Crippen LogP contribution in [-0.2, 0) is 14.3 Å². The predicted molar refractivity (Wildman–Crippen MR) is 95.7 cm³/mol. The van der Waals surface area contributed by atoms with E-state index < -0.39 is 0 Å². The lowest BCUT2D eigenvalue weighted by Gasteiger charge is -2.32. The third kappa shape index (κ3) is 2.81. The van der Waals surface area contributed by atoms with Crippen LogP contribution in [-0.4, -0.2) is 18.5 Å². The van der Waals surface area contributed by atoms with Gasteiger partial charge in [0.25, 0.3) is 0 Å². The van der Waals surface area contributed by atoms with Crippen molar-refractivity contribution in [2.45, 2.75) is 12.3 Å². The quantitative estimate of drug-likeness (QED) is 0.736. The molecular weight excluding hydrogens is 361 g/mol. The average molecular weight is 374 g/mol. The van der Waals surface area contributed by atoms with Crippen LogP contribution in [0.3, 0.4) is 0 Å². The van der Waals surface area contributed by atoms with Crippen molar-refractivity contribution in [1.82, 2.24) is 0 Å². The molecular formula is C19H13Cl2NO3. The number of amides is 1. The van der Waals surface area contributed by atoms with E-state index in [2.05, 4.69) is 0 Å². The lowest BCUT2D eigenvalue weighted by atomic mass is 9.84. The smallest absolute Gasteiger partial charge is 0.336 e. The van der Waals surface area contributed by atoms with E-state index in [0.29, 0.717) is 27.0 Å². The van der Waals surface area contributed by atoms with Gasteiger partial charge >= 0.3 is 5.97 Å². The van der Waals surface area contributed by atoms with Crippen molar-refractivity contribution >= 4 is 40.8 Å². The van der Waals surface area contributed by atoms with Crippen LogP contribution in [0.5, 0.6) is 0 Å². The first kappa shape index (κ1) is 16.2. The summed E-state index contributed by atoms with van der Waals surface area (Å²) in [6.45, 7) is 0.0729. The molecule has 1 atom stereocenters. The van der Waals surface area contributed by atoms with E-state index in [1.54, 1.807) is 36.4 Å². The van der Waals surface area contributed by atoms with Gasteiger partial charge in [0.2, 0.25) is 5.91 Å². The maximum Gasteiger partial charge on any atom is 0.336 e. The fourth-order valence-electron chi connectivity index (χ4n) is 3.38. The molecule has 0 aliphatic carbocycles. The highest BCUT2D eigenvalue weighted by Crippen LogP contribution is 2.42. The van der Waals surface area contributed by atoms with Crippen molar-refractivity contribution in [3.05, 3.63) is 75.4 Å². The molecule has 2 aliphatic heterocycles. The fraction of sp³-hybridized carbons (Fsp3) is 0.158. The summed E-state index contributed by atoms with van der Waals surface area (Å²) in [5.74, 6) is -0.851. The first-order valence-corrected chi connectivity index (χ1v) is 8.54. The monoisotopic (exact) mass is 373 g/mol. The zero-order valence-corrected chi connectivity index (χ0v) is 14.6. The van der Waals surface area contributed by atoms with Gasteiger partial charge in [-0.05, 0) is 35.9 Å². The molecule has 4 nitrogen and oxygen atoms in total. The average Bonchev–Trinajstić information content (AvgIpc) is 2.96. The summed E-state index contributed by atoms with van der Waals surface area (Å²) in [5.41, 5.74) is 2.56. The number of ether oxygens (including phenoxy) is 1. The maximum atomic E-state index is 12.9. The molecule has 1 unspecified atom stereocenters. The van der Waals surface area contributed by atoms with Crippen LogP contribution in [0.15, 0.2) is 59.8 Å². The number of hydrogen-bond acceptors (Lipinski definition) is 3. The van der Waals surface area contributed by atoms with Crippen LogP contribution in [0.1, 0.15) is 17.9 Å². The van der Waals surface area contributed by atoms with Gasteiger partial charge in [-0.25, -0.2) is 4.79 Å². The van der Waals surface area contributed by atoms with Gasteiger partial charge in [-0.3, -0.25) is 9.69 Å². The Balaban J connectivity index is 1.84. The highest BCUT2D eigenvalue weighted by atomic mass is 35.5. The molecule has 4 rings (SSSR count). The summed E-state index contributed by atoms with van der Waals surface area (Å²) in [7, 11) is 0. The van der Waals surface area contributed by atoms with Gasteiger partial charge in [-0.2, -0.15) is 0 Å². The van der Waals surface area contributed by atoms with E-state index in [1.165, 1.54) is 4.90 Å². The number of anilines is 1. The topological polar surface area (TPSA) is 46.6 Å². The number of halogens is 2. The van der Waals surface area contributed by atoms with Gasteiger partial charge in [-0.15, -0.1) is 0 Å². The molecule has 0 saturated heterocycles. The van der Waals surface area contributed by atoms with Gasteiger partial charge in [0.05, 0.1) is 17.0 Å².